The van der Waals surface area contributed by atoms with E-state index in [9.17, 15) is 9.59 Å². The molecule has 0 aliphatic heterocycles. The van der Waals surface area contributed by atoms with Crippen LogP contribution in [0, 0.1) is 3.57 Å². The van der Waals surface area contributed by atoms with Crippen LogP contribution >= 0.6 is 45.5 Å². The van der Waals surface area contributed by atoms with Crippen molar-refractivity contribution in [2.75, 3.05) is 0 Å². The van der Waals surface area contributed by atoms with Crippen LogP contribution < -0.4 is 0 Å². The molecule has 1 aromatic carbocycles. The normalized spacial score (nSPS) is 15.2. The molecule has 0 saturated heterocycles. The Hall–Kier alpha value is -2.16. The number of allylic oxidation sites excluding steroid dienone is 1. The summed E-state index contributed by atoms with van der Waals surface area (Å²) in [4.78, 5) is 26.6. The number of aryl methyl sites for hydroxylation is 1. The van der Waals surface area contributed by atoms with Crippen LogP contribution in [0.25, 0.3) is 27.7 Å². The molecule has 0 radical (unpaired) electrons. The quantitative estimate of drug-likeness (QED) is 0.179. The van der Waals surface area contributed by atoms with Gasteiger partial charge in [0, 0.05) is 33.9 Å². The maximum absolute atomic E-state index is 12.7. The van der Waals surface area contributed by atoms with Crippen LogP contribution in [-0.2, 0) is 7.05 Å². The number of ketones is 2. The molecule has 1 aliphatic carbocycles. The number of Topliss-reactive ketones (excluding diaryl/α,β-unsaturated/α-hetero) is 2. The molecule has 0 saturated carbocycles. The van der Waals surface area contributed by atoms with E-state index in [1.165, 1.54) is 6.08 Å². The number of carbonyl (C=O) groups is 2. The SMILES string of the molecule is Cn1c(-c2cccs2)cc2oc(/C=C3\C(=O)c4cc(Cl)c(I)cc4C3=O)cc21. The standard InChI is InChI=1S/C21H11ClINO3S/c1-24-16-6-10(27-18(16)9-17(24)19-3-2-4-28-19)5-13-20(25)11-7-14(22)15(23)8-12(11)21(13)26/h2-9H,1H3/b13-5+. The highest BCUT2D eigenvalue weighted by molar-refractivity contribution is 14.1. The second-order valence-corrected chi connectivity index (χ2v) is 9.01. The van der Waals surface area contributed by atoms with Gasteiger partial charge in [0.05, 0.1) is 26.7 Å². The monoisotopic (exact) mass is 519 g/mol. The Labute approximate surface area is 182 Å². The van der Waals surface area contributed by atoms with Crippen molar-refractivity contribution in [2.45, 2.75) is 0 Å². The Morgan fingerprint density at radius 3 is 2.57 bits per heavy atom. The number of hydrogen-bond donors (Lipinski definition) is 0. The molecule has 0 N–H and O–H groups in total. The van der Waals surface area contributed by atoms with Crippen molar-refractivity contribution in [3.05, 3.63) is 72.8 Å². The molecule has 7 heteroatoms. The van der Waals surface area contributed by atoms with Gasteiger partial charge in [-0.1, -0.05) is 17.7 Å². The number of halogens is 2. The third kappa shape index (κ3) is 2.62. The fourth-order valence-electron chi connectivity index (χ4n) is 3.45. The summed E-state index contributed by atoms with van der Waals surface area (Å²) >= 11 is 9.83. The molecular formula is C21H11ClINO3S. The van der Waals surface area contributed by atoms with E-state index in [0.717, 1.165) is 19.7 Å². The van der Waals surface area contributed by atoms with Crippen LogP contribution in [0.4, 0.5) is 0 Å². The molecule has 0 bridgehead atoms. The predicted molar refractivity (Wildman–Crippen MR) is 119 cm³/mol. The van der Waals surface area contributed by atoms with E-state index >= 15 is 0 Å². The molecule has 3 heterocycles. The summed E-state index contributed by atoms with van der Waals surface area (Å²) < 4.78 is 8.69. The van der Waals surface area contributed by atoms with Gasteiger partial charge in [0.15, 0.2) is 17.1 Å². The lowest BCUT2D eigenvalue weighted by atomic mass is 10.1. The van der Waals surface area contributed by atoms with Crippen molar-refractivity contribution >= 4 is 74.3 Å². The van der Waals surface area contributed by atoms with Crippen LogP contribution in [0.1, 0.15) is 26.5 Å². The molecular weight excluding hydrogens is 509 g/mol. The number of thiophene rings is 1. The number of nitrogens with zero attached hydrogens (tertiary/aromatic N) is 1. The molecule has 0 atom stereocenters. The smallest absolute Gasteiger partial charge is 0.197 e. The summed E-state index contributed by atoms with van der Waals surface area (Å²) in [6, 6.07) is 11.1. The van der Waals surface area contributed by atoms with E-state index in [1.807, 2.05) is 57.8 Å². The minimum atomic E-state index is -0.321. The number of benzene rings is 1. The van der Waals surface area contributed by atoms with Gasteiger partial charge in [-0.2, -0.15) is 0 Å². The number of rotatable bonds is 2. The minimum Gasteiger partial charge on any atom is -0.455 e. The fourth-order valence-corrected chi connectivity index (χ4v) is 4.86. The lowest BCUT2D eigenvalue weighted by Gasteiger charge is -1.99. The van der Waals surface area contributed by atoms with Crippen molar-refractivity contribution in [1.82, 2.24) is 4.57 Å². The zero-order valence-corrected chi connectivity index (χ0v) is 18.2. The van der Waals surface area contributed by atoms with E-state index in [4.69, 9.17) is 16.0 Å². The second kappa shape index (κ2) is 6.43. The van der Waals surface area contributed by atoms with Crippen molar-refractivity contribution < 1.29 is 14.0 Å². The van der Waals surface area contributed by atoms with E-state index in [1.54, 1.807) is 23.5 Å². The van der Waals surface area contributed by atoms with Crippen molar-refractivity contribution in [3.63, 3.8) is 0 Å². The molecule has 138 valence electrons. The first-order valence-electron chi connectivity index (χ1n) is 8.37. The van der Waals surface area contributed by atoms with Gasteiger partial charge in [-0.05, 0) is 52.2 Å². The molecule has 4 nitrogen and oxygen atoms in total. The zero-order valence-electron chi connectivity index (χ0n) is 14.5. The molecule has 0 spiro atoms. The first-order valence-corrected chi connectivity index (χ1v) is 10.7. The average Bonchev–Trinajstić information content (AvgIpc) is 3.41. The van der Waals surface area contributed by atoms with Crippen molar-refractivity contribution in [1.29, 1.82) is 0 Å². The molecule has 3 aromatic heterocycles. The Morgan fingerprint density at radius 1 is 1.14 bits per heavy atom. The number of furan rings is 1. The van der Waals surface area contributed by atoms with Gasteiger partial charge in [0.25, 0.3) is 0 Å². The third-order valence-electron chi connectivity index (χ3n) is 4.85. The second-order valence-electron chi connectivity index (χ2n) is 6.49. The largest absolute Gasteiger partial charge is 0.455 e. The summed E-state index contributed by atoms with van der Waals surface area (Å²) in [6.45, 7) is 0. The lowest BCUT2D eigenvalue weighted by Crippen LogP contribution is -1.99. The molecule has 1 aliphatic rings. The van der Waals surface area contributed by atoms with E-state index in [-0.39, 0.29) is 17.1 Å². The van der Waals surface area contributed by atoms with E-state index < -0.39 is 0 Å². The van der Waals surface area contributed by atoms with Crippen LogP contribution in [0.5, 0.6) is 0 Å². The average molecular weight is 520 g/mol. The first-order chi connectivity index (χ1) is 13.4. The maximum Gasteiger partial charge on any atom is 0.197 e. The fraction of sp³-hybridized carbons (Fsp3) is 0.0476. The molecule has 0 fully saturated rings. The van der Waals surface area contributed by atoms with Gasteiger partial charge in [-0.3, -0.25) is 9.59 Å². The Balaban J connectivity index is 1.57. The molecule has 0 amide bonds. The van der Waals surface area contributed by atoms with Gasteiger partial charge in [-0.15, -0.1) is 11.3 Å². The van der Waals surface area contributed by atoms with Crippen LogP contribution in [0.2, 0.25) is 5.02 Å². The number of aromatic nitrogens is 1. The van der Waals surface area contributed by atoms with E-state index in [2.05, 4.69) is 6.07 Å². The predicted octanol–water partition coefficient (Wildman–Crippen LogP) is 6.22. The first kappa shape index (κ1) is 17.9. The molecule has 28 heavy (non-hydrogen) atoms. The summed E-state index contributed by atoms with van der Waals surface area (Å²) in [5.41, 5.74) is 3.52. The third-order valence-corrected chi connectivity index (χ3v) is 7.27. The highest BCUT2D eigenvalue weighted by Crippen LogP contribution is 2.35. The van der Waals surface area contributed by atoms with Gasteiger partial charge < -0.3 is 8.98 Å². The summed E-state index contributed by atoms with van der Waals surface area (Å²) in [5.74, 6) is -0.143. The number of fused-ring (bicyclic) bond motifs is 2. The van der Waals surface area contributed by atoms with Crippen LogP contribution in [0.15, 0.2) is 51.8 Å². The van der Waals surface area contributed by atoms with Gasteiger partial charge in [0.2, 0.25) is 0 Å². The summed E-state index contributed by atoms with van der Waals surface area (Å²) in [6.07, 6.45) is 1.52. The topological polar surface area (TPSA) is 52.2 Å². The van der Waals surface area contributed by atoms with E-state index in [0.29, 0.717) is 27.5 Å². The highest BCUT2D eigenvalue weighted by atomic mass is 127. The van der Waals surface area contributed by atoms with Crippen LogP contribution in [-0.4, -0.2) is 16.1 Å². The Morgan fingerprint density at radius 2 is 1.89 bits per heavy atom. The lowest BCUT2D eigenvalue weighted by molar-refractivity contribution is 0.0990. The maximum atomic E-state index is 12.7. The molecule has 0 unspecified atom stereocenters. The van der Waals surface area contributed by atoms with Gasteiger partial charge >= 0.3 is 0 Å². The summed E-state index contributed by atoms with van der Waals surface area (Å²) in [7, 11) is 1.97. The molecule has 5 rings (SSSR count). The van der Waals surface area contributed by atoms with Crippen molar-refractivity contribution in [3.8, 4) is 10.6 Å². The number of carbonyl (C=O) groups excluding carboxylic acids is 2. The Bertz CT molecular complexity index is 1280. The van der Waals surface area contributed by atoms with Crippen LogP contribution in [0.3, 0.4) is 0 Å². The minimum absolute atomic E-state index is 0.102. The highest BCUT2D eigenvalue weighted by Gasteiger charge is 2.34. The van der Waals surface area contributed by atoms with Crippen molar-refractivity contribution in [2.24, 2.45) is 7.05 Å². The van der Waals surface area contributed by atoms with Gasteiger partial charge in [-0.25, -0.2) is 0 Å². The Kier molecular flexibility index (Phi) is 4.12. The van der Waals surface area contributed by atoms with Gasteiger partial charge in [0.1, 0.15) is 5.76 Å². The summed E-state index contributed by atoms with van der Waals surface area (Å²) in [5, 5.41) is 2.49. The zero-order chi connectivity index (χ0) is 19.6. The number of hydrogen-bond acceptors (Lipinski definition) is 4. The molecule has 4 aromatic rings.